The summed E-state index contributed by atoms with van der Waals surface area (Å²) in [6, 6.07) is 11.0. The zero-order valence-corrected chi connectivity index (χ0v) is 14.2. The van der Waals surface area contributed by atoms with Crippen molar-refractivity contribution in [3.63, 3.8) is 0 Å². The number of amides is 1. The standard InChI is InChI=1S/C17H19FN2O3S/c1-3-12(2)20-24(22,23)16-9-4-6-13(10-16)17(21)19-15-8-5-7-14(18)11-15/h4-12,20H,3H2,1-2H3,(H,19,21). The highest BCUT2D eigenvalue weighted by molar-refractivity contribution is 7.89. The summed E-state index contributed by atoms with van der Waals surface area (Å²) in [5.41, 5.74) is 0.470. The van der Waals surface area contributed by atoms with Crippen LogP contribution in [0.25, 0.3) is 0 Å². The number of hydrogen-bond acceptors (Lipinski definition) is 3. The zero-order valence-electron chi connectivity index (χ0n) is 13.4. The normalized spacial score (nSPS) is 12.6. The van der Waals surface area contributed by atoms with Gasteiger partial charge in [-0.2, -0.15) is 0 Å². The number of nitrogens with one attached hydrogen (secondary N) is 2. The Bertz CT molecular complexity index is 837. The van der Waals surface area contributed by atoms with E-state index in [0.717, 1.165) is 0 Å². The fourth-order valence-electron chi connectivity index (χ4n) is 1.99. The fourth-order valence-corrected chi connectivity index (χ4v) is 3.36. The van der Waals surface area contributed by atoms with Crippen molar-refractivity contribution in [3.05, 3.63) is 59.9 Å². The van der Waals surface area contributed by atoms with Crippen molar-refractivity contribution in [1.82, 2.24) is 4.72 Å². The van der Waals surface area contributed by atoms with Crippen LogP contribution in [0.1, 0.15) is 30.6 Å². The summed E-state index contributed by atoms with van der Waals surface area (Å²) in [6.45, 7) is 3.63. The van der Waals surface area contributed by atoms with Crippen molar-refractivity contribution in [1.29, 1.82) is 0 Å². The molecule has 0 radical (unpaired) electrons. The Balaban J connectivity index is 2.22. The van der Waals surface area contributed by atoms with Crippen molar-refractivity contribution in [2.75, 3.05) is 5.32 Å². The molecule has 5 nitrogen and oxygen atoms in total. The molecule has 0 spiro atoms. The number of anilines is 1. The molecule has 2 aromatic carbocycles. The lowest BCUT2D eigenvalue weighted by molar-refractivity contribution is 0.102. The number of sulfonamides is 1. The Kier molecular flexibility index (Phi) is 5.69. The maximum Gasteiger partial charge on any atom is 0.255 e. The van der Waals surface area contributed by atoms with Crippen molar-refractivity contribution >= 4 is 21.6 Å². The maximum atomic E-state index is 13.2. The van der Waals surface area contributed by atoms with Crippen molar-refractivity contribution in [2.45, 2.75) is 31.2 Å². The SMILES string of the molecule is CCC(C)NS(=O)(=O)c1cccc(C(=O)Nc2cccc(F)c2)c1. The first-order valence-electron chi connectivity index (χ1n) is 7.51. The van der Waals surface area contributed by atoms with Gasteiger partial charge in [0.05, 0.1) is 4.90 Å². The van der Waals surface area contributed by atoms with Gasteiger partial charge in [0.15, 0.2) is 0 Å². The van der Waals surface area contributed by atoms with Gasteiger partial charge in [-0.15, -0.1) is 0 Å². The van der Waals surface area contributed by atoms with E-state index in [-0.39, 0.29) is 16.5 Å². The minimum Gasteiger partial charge on any atom is -0.322 e. The first kappa shape index (κ1) is 18.1. The van der Waals surface area contributed by atoms with E-state index in [1.165, 1.54) is 42.5 Å². The van der Waals surface area contributed by atoms with Crippen LogP contribution in [0.3, 0.4) is 0 Å². The van der Waals surface area contributed by atoms with Crippen LogP contribution in [0.4, 0.5) is 10.1 Å². The Morgan fingerprint density at radius 1 is 1.17 bits per heavy atom. The first-order valence-corrected chi connectivity index (χ1v) is 8.99. The predicted molar refractivity (Wildman–Crippen MR) is 90.9 cm³/mol. The van der Waals surface area contributed by atoms with E-state index < -0.39 is 21.7 Å². The number of halogens is 1. The maximum absolute atomic E-state index is 13.2. The van der Waals surface area contributed by atoms with Gasteiger partial charge in [0.1, 0.15) is 5.82 Å². The molecule has 2 aromatic rings. The monoisotopic (exact) mass is 350 g/mol. The predicted octanol–water partition coefficient (Wildman–Crippen LogP) is 3.15. The number of benzene rings is 2. The molecule has 7 heteroatoms. The summed E-state index contributed by atoms with van der Waals surface area (Å²) in [5, 5.41) is 2.54. The van der Waals surface area contributed by atoms with Crippen molar-refractivity contribution in [2.24, 2.45) is 0 Å². The van der Waals surface area contributed by atoms with Crippen LogP contribution < -0.4 is 10.0 Å². The molecule has 128 valence electrons. The van der Waals surface area contributed by atoms with E-state index in [4.69, 9.17) is 0 Å². The van der Waals surface area contributed by atoms with Gasteiger partial charge in [0, 0.05) is 17.3 Å². The van der Waals surface area contributed by atoms with Gasteiger partial charge in [0.25, 0.3) is 5.91 Å². The summed E-state index contributed by atoms with van der Waals surface area (Å²) in [4.78, 5) is 12.2. The first-order chi connectivity index (χ1) is 11.3. The van der Waals surface area contributed by atoms with Crippen LogP contribution in [-0.2, 0) is 10.0 Å². The van der Waals surface area contributed by atoms with Gasteiger partial charge >= 0.3 is 0 Å². The number of rotatable bonds is 6. The van der Waals surface area contributed by atoms with Gasteiger partial charge in [-0.3, -0.25) is 4.79 Å². The van der Waals surface area contributed by atoms with E-state index in [1.807, 2.05) is 6.92 Å². The largest absolute Gasteiger partial charge is 0.322 e. The average molecular weight is 350 g/mol. The van der Waals surface area contributed by atoms with Crippen LogP contribution in [-0.4, -0.2) is 20.4 Å². The van der Waals surface area contributed by atoms with Gasteiger partial charge in [-0.05, 0) is 49.7 Å². The second-order valence-electron chi connectivity index (χ2n) is 5.42. The van der Waals surface area contributed by atoms with Crippen molar-refractivity contribution < 1.29 is 17.6 Å². The molecule has 0 saturated heterocycles. The Labute approximate surface area is 141 Å². The lowest BCUT2D eigenvalue weighted by Crippen LogP contribution is -2.32. The minimum absolute atomic E-state index is 0.00897. The van der Waals surface area contributed by atoms with E-state index in [0.29, 0.717) is 12.1 Å². The molecule has 1 atom stereocenters. The summed E-state index contributed by atoms with van der Waals surface area (Å²) in [5.74, 6) is -0.983. The van der Waals surface area contributed by atoms with Crippen LogP contribution >= 0.6 is 0 Å². The van der Waals surface area contributed by atoms with Crippen LogP contribution in [0.15, 0.2) is 53.4 Å². The van der Waals surface area contributed by atoms with Crippen LogP contribution in [0.5, 0.6) is 0 Å². The summed E-state index contributed by atoms with van der Waals surface area (Å²) in [6.07, 6.45) is 0.652. The summed E-state index contributed by atoms with van der Waals surface area (Å²) >= 11 is 0. The second-order valence-corrected chi connectivity index (χ2v) is 7.14. The van der Waals surface area contributed by atoms with Gasteiger partial charge < -0.3 is 5.32 Å². The zero-order chi connectivity index (χ0) is 17.7. The Morgan fingerprint density at radius 2 is 1.88 bits per heavy atom. The molecule has 0 fully saturated rings. The smallest absolute Gasteiger partial charge is 0.255 e. The molecule has 0 bridgehead atoms. The molecule has 0 aliphatic rings. The lowest BCUT2D eigenvalue weighted by atomic mass is 10.2. The Morgan fingerprint density at radius 3 is 2.54 bits per heavy atom. The van der Waals surface area contributed by atoms with E-state index in [9.17, 15) is 17.6 Å². The topological polar surface area (TPSA) is 75.3 Å². The van der Waals surface area contributed by atoms with Crippen LogP contribution in [0, 0.1) is 5.82 Å². The van der Waals surface area contributed by atoms with E-state index >= 15 is 0 Å². The van der Waals surface area contributed by atoms with Gasteiger partial charge in [0.2, 0.25) is 10.0 Å². The number of carbonyl (C=O) groups excluding carboxylic acids is 1. The van der Waals surface area contributed by atoms with Gasteiger partial charge in [-0.25, -0.2) is 17.5 Å². The Hall–Kier alpha value is -2.25. The molecule has 0 heterocycles. The van der Waals surface area contributed by atoms with E-state index in [1.54, 1.807) is 13.0 Å². The number of hydrogen-bond donors (Lipinski definition) is 2. The molecular formula is C17H19FN2O3S. The molecule has 1 amide bonds. The third kappa shape index (κ3) is 4.62. The fraction of sp³-hybridized carbons (Fsp3) is 0.235. The summed E-state index contributed by atoms with van der Waals surface area (Å²) in [7, 11) is -3.70. The molecule has 0 aromatic heterocycles. The molecule has 0 saturated carbocycles. The van der Waals surface area contributed by atoms with Crippen molar-refractivity contribution in [3.8, 4) is 0 Å². The highest BCUT2D eigenvalue weighted by Gasteiger charge is 2.18. The van der Waals surface area contributed by atoms with Crippen LogP contribution in [0.2, 0.25) is 0 Å². The molecule has 2 N–H and O–H groups in total. The third-order valence-corrected chi connectivity index (χ3v) is 5.04. The molecular weight excluding hydrogens is 331 g/mol. The molecule has 2 rings (SSSR count). The third-order valence-electron chi connectivity index (χ3n) is 3.46. The lowest BCUT2D eigenvalue weighted by Gasteiger charge is -2.13. The second kappa shape index (κ2) is 7.55. The number of carbonyl (C=O) groups is 1. The highest BCUT2D eigenvalue weighted by Crippen LogP contribution is 2.15. The molecule has 24 heavy (non-hydrogen) atoms. The highest BCUT2D eigenvalue weighted by atomic mass is 32.2. The van der Waals surface area contributed by atoms with Gasteiger partial charge in [-0.1, -0.05) is 19.1 Å². The van der Waals surface area contributed by atoms with E-state index in [2.05, 4.69) is 10.0 Å². The quantitative estimate of drug-likeness (QED) is 0.840. The average Bonchev–Trinajstić information content (AvgIpc) is 2.54. The minimum atomic E-state index is -3.70. The molecule has 0 aliphatic heterocycles. The molecule has 0 aliphatic carbocycles. The molecule has 1 unspecified atom stereocenters. The summed E-state index contributed by atoms with van der Waals surface area (Å²) < 4.78 is 40.3.